The highest BCUT2D eigenvalue weighted by Gasteiger charge is 2.36. The first-order chi connectivity index (χ1) is 10.1. The van der Waals surface area contributed by atoms with Crippen molar-refractivity contribution in [3.05, 3.63) is 0 Å². The summed E-state index contributed by atoms with van der Waals surface area (Å²) in [5.41, 5.74) is 0. The summed E-state index contributed by atoms with van der Waals surface area (Å²) in [5, 5.41) is 8.96. The Bertz CT molecular complexity index is 405. The van der Waals surface area contributed by atoms with Gasteiger partial charge in [0, 0.05) is 38.8 Å². The van der Waals surface area contributed by atoms with E-state index in [0.717, 1.165) is 32.2 Å². The molecule has 2 saturated heterocycles. The average Bonchev–Trinajstić information content (AvgIpc) is 3.31. The molecule has 3 aliphatic rings. The molecule has 7 nitrogen and oxygen atoms in total. The zero-order valence-electron chi connectivity index (χ0n) is 12.2. The normalized spacial score (nSPS) is 27.7. The van der Waals surface area contributed by atoms with Gasteiger partial charge in [0.2, 0.25) is 0 Å². The summed E-state index contributed by atoms with van der Waals surface area (Å²) in [6.07, 6.45) is 2.53. The number of carbonyl (C=O) groups is 2. The lowest BCUT2D eigenvalue weighted by molar-refractivity contribution is -0.139. The fourth-order valence-electron chi connectivity index (χ4n) is 3.18. The molecule has 118 valence electrons. The molecule has 1 unspecified atom stereocenters. The number of amides is 2. The van der Waals surface area contributed by atoms with Gasteiger partial charge in [-0.15, -0.1) is 0 Å². The molecule has 2 aliphatic heterocycles. The van der Waals surface area contributed by atoms with Gasteiger partial charge in [-0.2, -0.15) is 0 Å². The van der Waals surface area contributed by atoms with Crippen molar-refractivity contribution in [1.82, 2.24) is 14.7 Å². The number of piperazine rings is 1. The van der Waals surface area contributed by atoms with Crippen LogP contribution in [-0.2, 0) is 9.53 Å². The Kier molecular flexibility index (Phi) is 4.30. The first-order valence-corrected chi connectivity index (χ1v) is 7.74. The molecule has 0 aromatic heterocycles. The molecule has 1 saturated carbocycles. The van der Waals surface area contributed by atoms with Crippen molar-refractivity contribution < 1.29 is 19.4 Å². The second-order valence-electron chi connectivity index (χ2n) is 6.06. The average molecular weight is 297 g/mol. The van der Waals surface area contributed by atoms with Gasteiger partial charge in [-0.05, 0) is 12.8 Å². The Hall–Kier alpha value is -1.34. The van der Waals surface area contributed by atoms with E-state index in [1.807, 2.05) is 4.90 Å². The number of urea groups is 1. The van der Waals surface area contributed by atoms with Gasteiger partial charge in [0.1, 0.15) is 0 Å². The maximum atomic E-state index is 12.6. The van der Waals surface area contributed by atoms with Crippen LogP contribution in [0.1, 0.15) is 19.3 Å². The molecular formula is C14H23N3O4. The fraction of sp³-hybridized carbons (Fsp3) is 0.857. The van der Waals surface area contributed by atoms with Crippen LogP contribution in [0.25, 0.3) is 0 Å². The van der Waals surface area contributed by atoms with E-state index in [9.17, 15) is 9.59 Å². The van der Waals surface area contributed by atoms with Crippen LogP contribution in [0.15, 0.2) is 0 Å². The van der Waals surface area contributed by atoms with Gasteiger partial charge < -0.3 is 19.6 Å². The Balaban J connectivity index is 1.56. The molecule has 3 fully saturated rings. The van der Waals surface area contributed by atoms with Gasteiger partial charge >= 0.3 is 12.0 Å². The molecule has 0 aromatic carbocycles. The maximum absolute atomic E-state index is 12.6. The van der Waals surface area contributed by atoms with Crippen LogP contribution >= 0.6 is 0 Å². The van der Waals surface area contributed by atoms with Crippen LogP contribution in [0.2, 0.25) is 0 Å². The van der Waals surface area contributed by atoms with Gasteiger partial charge in [-0.3, -0.25) is 9.69 Å². The predicted molar refractivity (Wildman–Crippen MR) is 75.1 cm³/mol. The molecule has 1 N–H and O–H groups in total. The Morgan fingerprint density at radius 2 is 1.81 bits per heavy atom. The number of hydrogen-bond acceptors (Lipinski definition) is 4. The van der Waals surface area contributed by atoms with Crippen LogP contribution in [-0.4, -0.2) is 89.8 Å². The third kappa shape index (κ3) is 3.47. The van der Waals surface area contributed by atoms with E-state index in [0.29, 0.717) is 19.8 Å². The van der Waals surface area contributed by atoms with E-state index >= 15 is 0 Å². The smallest absolute Gasteiger partial charge is 0.320 e. The van der Waals surface area contributed by atoms with Crippen molar-refractivity contribution in [1.29, 1.82) is 0 Å². The molecule has 7 heteroatoms. The number of hydrogen-bond donors (Lipinski definition) is 1. The van der Waals surface area contributed by atoms with Gasteiger partial charge in [0.05, 0.1) is 25.7 Å². The Morgan fingerprint density at radius 1 is 1.10 bits per heavy atom. The van der Waals surface area contributed by atoms with Crippen LogP contribution in [0.5, 0.6) is 0 Å². The lowest BCUT2D eigenvalue weighted by Crippen LogP contribution is -2.58. The third-order valence-corrected chi connectivity index (χ3v) is 4.53. The molecule has 2 heterocycles. The second kappa shape index (κ2) is 6.19. The number of carboxylic acids is 1. The summed E-state index contributed by atoms with van der Waals surface area (Å²) in [4.78, 5) is 29.5. The molecule has 21 heavy (non-hydrogen) atoms. The summed E-state index contributed by atoms with van der Waals surface area (Å²) >= 11 is 0. The number of nitrogens with zero attached hydrogens (tertiary/aromatic N) is 3. The highest BCUT2D eigenvalue weighted by atomic mass is 16.5. The third-order valence-electron chi connectivity index (χ3n) is 4.53. The van der Waals surface area contributed by atoms with Gasteiger partial charge in [0.25, 0.3) is 0 Å². The number of rotatable bonds is 3. The summed E-state index contributed by atoms with van der Waals surface area (Å²) < 4.78 is 5.32. The molecule has 0 spiro atoms. The number of morpholine rings is 1. The lowest BCUT2D eigenvalue weighted by atomic mass is 10.1. The minimum Gasteiger partial charge on any atom is -0.481 e. The summed E-state index contributed by atoms with van der Waals surface area (Å²) in [6, 6.07) is 0.371. The highest BCUT2D eigenvalue weighted by molar-refractivity contribution is 5.76. The summed E-state index contributed by atoms with van der Waals surface area (Å²) in [6.45, 7) is 4.65. The van der Waals surface area contributed by atoms with E-state index in [2.05, 4.69) is 4.90 Å². The molecule has 1 atom stereocenters. The molecule has 3 rings (SSSR count). The molecule has 2 amide bonds. The predicted octanol–water partition coefficient (Wildman–Crippen LogP) is 0.0619. The summed E-state index contributed by atoms with van der Waals surface area (Å²) in [7, 11) is 0. The zero-order valence-corrected chi connectivity index (χ0v) is 12.2. The molecule has 0 bridgehead atoms. The van der Waals surface area contributed by atoms with Gasteiger partial charge in [-0.25, -0.2) is 4.79 Å². The first kappa shape index (κ1) is 14.6. The van der Waals surface area contributed by atoms with Crippen LogP contribution in [0.3, 0.4) is 0 Å². The number of aliphatic carboxylic acids is 1. The van der Waals surface area contributed by atoms with Crippen molar-refractivity contribution in [3.8, 4) is 0 Å². The van der Waals surface area contributed by atoms with Gasteiger partial charge in [-0.1, -0.05) is 0 Å². The minimum atomic E-state index is -0.887. The topological polar surface area (TPSA) is 73.3 Å². The van der Waals surface area contributed by atoms with E-state index < -0.39 is 5.97 Å². The van der Waals surface area contributed by atoms with Crippen molar-refractivity contribution in [2.75, 3.05) is 45.9 Å². The number of ether oxygens (including phenoxy) is 1. The minimum absolute atomic E-state index is 0.0278. The monoisotopic (exact) mass is 297 g/mol. The maximum Gasteiger partial charge on any atom is 0.320 e. The van der Waals surface area contributed by atoms with E-state index in [-0.39, 0.29) is 18.5 Å². The van der Waals surface area contributed by atoms with Crippen molar-refractivity contribution in [3.63, 3.8) is 0 Å². The quantitative estimate of drug-likeness (QED) is 0.797. The molecule has 0 radical (unpaired) electrons. The van der Waals surface area contributed by atoms with Crippen LogP contribution in [0.4, 0.5) is 4.79 Å². The second-order valence-corrected chi connectivity index (χ2v) is 6.06. The van der Waals surface area contributed by atoms with E-state index in [1.54, 1.807) is 4.90 Å². The van der Waals surface area contributed by atoms with E-state index in [4.69, 9.17) is 9.84 Å². The molecule has 1 aliphatic carbocycles. The standard InChI is InChI=1S/C14H23N3O4/c18-13(19)9-12-10-21-8-7-17(12)14(20)16-5-3-15(4-6-16)11-1-2-11/h11-12H,1-10H2,(H,18,19). The summed E-state index contributed by atoms with van der Waals surface area (Å²) in [5.74, 6) is -0.887. The fourth-order valence-corrected chi connectivity index (χ4v) is 3.18. The number of carbonyl (C=O) groups excluding carboxylic acids is 1. The highest BCUT2D eigenvalue weighted by Crippen LogP contribution is 2.27. The van der Waals surface area contributed by atoms with Crippen LogP contribution in [0, 0.1) is 0 Å². The number of carboxylic acid groups (broad SMARTS) is 1. The first-order valence-electron chi connectivity index (χ1n) is 7.74. The van der Waals surface area contributed by atoms with Crippen molar-refractivity contribution >= 4 is 12.0 Å². The largest absolute Gasteiger partial charge is 0.481 e. The van der Waals surface area contributed by atoms with Crippen molar-refractivity contribution in [2.24, 2.45) is 0 Å². The zero-order chi connectivity index (χ0) is 14.8. The Morgan fingerprint density at radius 3 is 2.43 bits per heavy atom. The SMILES string of the molecule is O=C(O)CC1COCCN1C(=O)N1CCN(C2CC2)CC1. The Labute approximate surface area is 124 Å². The van der Waals surface area contributed by atoms with E-state index in [1.165, 1.54) is 12.8 Å². The lowest BCUT2D eigenvalue weighted by Gasteiger charge is -2.41. The van der Waals surface area contributed by atoms with Crippen molar-refractivity contribution in [2.45, 2.75) is 31.3 Å². The molecular weight excluding hydrogens is 274 g/mol. The van der Waals surface area contributed by atoms with Crippen LogP contribution < -0.4 is 0 Å². The van der Waals surface area contributed by atoms with Gasteiger partial charge in [0.15, 0.2) is 0 Å². The molecule has 0 aromatic rings.